The standard InChI is InChI=1S/C33H30N2O5/c1-38-24-17-15-23(16-18-24)31-30(32(36)34-19-25-21-39-28-13-7-8-14-29(28)40-25)26-11-5-6-12-27(26)33(37)35(31)20-22-9-3-2-4-10-22/h2-18,25,30-31H,19-21H2,1H3,(H,34,36)/t25?,30-,31-/m0/s1. The van der Waals surface area contributed by atoms with Crippen LogP contribution in [0.1, 0.15) is 39.0 Å². The first-order chi connectivity index (χ1) is 19.6. The zero-order chi connectivity index (χ0) is 27.5. The van der Waals surface area contributed by atoms with Crippen LogP contribution in [0, 0.1) is 0 Å². The summed E-state index contributed by atoms with van der Waals surface area (Å²) in [5.41, 5.74) is 3.08. The molecule has 0 spiro atoms. The van der Waals surface area contributed by atoms with E-state index in [-0.39, 0.29) is 24.5 Å². The van der Waals surface area contributed by atoms with Gasteiger partial charge in [-0.3, -0.25) is 9.59 Å². The van der Waals surface area contributed by atoms with Gasteiger partial charge in [-0.05, 0) is 47.0 Å². The molecule has 4 aromatic rings. The minimum absolute atomic E-state index is 0.107. The van der Waals surface area contributed by atoms with Gasteiger partial charge < -0.3 is 24.4 Å². The van der Waals surface area contributed by atoms with E-state index in [1.54, 1.807) is 18.1 Å². The summed E-state index contributed by atoms with van der Waals surface area (Å²) in [5.74, 6) is 1.14. The van der Waals surface area contributed by atoms with Crippen molar-refractivity contribution in [3.63, 3.8) is 0 Å². The van der Waals surface area contributed by atoms with Crippen molar-refractivity contribution >= 4 is 11.8 Å². The first-order valence-corrected chi connectivity index (χ1v) is 13.4. The molecule has 6 rings (SSSR count). The number of carbonyl (C=O) groups is 2. The molecule has 1 unspecified atom stereocenters. The SMILES string of the molecule is COc1ccc([C@H]2[C@@H](C(=O)NCC3COc4ccccc4O3)c3ccccc3C(=O)N2Cc2ccccc2)cc1. The van der Waals surface area contributed by atoms with E-state index in [2.05, 4.69) is 5.32 Å². The van der Waals surface area contributed by atoms with E-state index in [0.717, 1.165) is 11.1 Å². The van der Waals surface area contributed by atoms with E-state index in [1.165, 1.54) is 0 Å². The van der Waals surface area contributed by atoms with Crippen LogP contribution in [0.15, 0.2) is 103 Å². The summed E-state index contributed by atoms with van der Waals surface area (Å²) in [6.45, 7) is 0.970. The Labute approximate surface area is 233 Å². The molecule has 3 atom stereocenters. The van der Waals surface area contributed by atoms with Gasteiger partial charge in [-0.2, -0.15) is 0 Å². The Morgan fingerprint density at radius 2 is 1.60 bits per heavy atom. The lowest BCUT2D eigenvalue weighted by molar-refractivity contribution is -0.124. The molecule has 0 radical (unpaired) electrons. The number of hydrogen-bond acceptors (Lipinski definition) is 5. The van der Waals surface area contributed by atoms with Crippen LogP contribution in [0.5, 0.6) is 17.2 Å². The topological polar surface area (TPSA) is 77.1 Å². The summed E-state index contributed by atoms with van der Waals surface area (Å²) in [6, 6.07) is 31.8. The van der Waals surface area contributed by atoms with Gasteiger partial charge in [0.05, 0.1) is 25.6 Å². The van der Waals surface area contributed by atoms with E-state index >= 15 is 0 Å². The van der Waals surface area contributed by atoms with Crippen LogP contribution in [0.25, 0.3) is 0 Å². The van der Waals surface area contributed by atoms with Gasteiger partial charge in [-0.1, -0.05) is 72.8 Å². The fourth-order valence-corrected chi connectivity index (χ4v) is 5.49. The summed E-state index contributed by atoms with van der Waals surface area (Å²) in [6.07, 6.45) is -0.334. The molecular formula is C33H30N2O5. The maximum atomic E-state index is 14.1. The molecule has 0 saturated carbocycles. The third-order valence-electron chi connectivity index (χ3n) is 7.45. The van der Waals surface area contributed by atoms with Crippen LogP contribution in [-0.2, 0) is 11.3 Å². The van der Waals surface area contributed by atoms with Crippen LogP contribution in [0.2, 0.25) is 0 Å². The van der Waals surface area contributed by atoms with E-state index in [1.807, 2.05) is 97.1 Å². The van der Waals surface area contributed by atoms with Crippen molar-refractivity contribution in [1.82, 2.24) is 10.2 Å². The Hall–Kier alpha value is -4.78. The van der Waals surface area contributed by atoms with Crippen molar-refractivity contribution in [3.8, 4) is 17.2 Å². The van der Waals surface area contributed by atoms with Crippen LogP contribution in [-0.4, -0.2) is 43.1 Å². The minimum Gasteiger partial charge on any atom is -0.497 e. The zero-order valence-electron chi connectivity index (χ0n) is 22.2. The number of carbonyl (C=O) groups excluding carboxylic acids is 2. The monoisotopic (exact) mass is 534 g/mol. The molecule has 1 N–H and O–H groups in total. The molecule has 2 heterocycles. The number of nitrogens with one attached hydrogen (secondary N) is 1. The summed E-state index contributed by atoms with van der Waals surface area (Å²) in [7, 11) is 1.61. The third-order valence-corrected chi connectivity index (χ3v) is 7.45. The number of methoxy groups -OCH3 is 1. The van der Waals surface area contributed by atoms with Gasteiger partial charge in [0.1, 0.15) is 18.5 Å². The van der Waals surface area contributed by atoms with Crippen LogP contribution in [0.3, 0.4) is 0 Å². The lowest BCUT2D eigenvalue weighted by atomic mass is 9.79. The van der Waals surface area contributed by atoms with Crippen molar-refractivity contribution in [2.75, 3.05) is 20.3 Å². The summed E-state index contributed by atoms with van der Waals surface area (Å²) in [4.78, 5) is 29.8. The van der Waals surface area contributed by atoms with Crippen molar-refractivity contribution in [1.29, 1.82) is 0 Å². The number of ether oxygens (including phenoxy) is 3. The maximum Gasteiger partial charge on any atom is 0.255 e. The molecular weight excluding hydrogens is 504 g/mol. The molecule has 40 heavy (non-hydrogen) atoms. The number of fused-ring (bicyclic) bond motifs is 2. The highest BCUT2D eigenvalue weighted by Gasteiger charge is 2.44. The van der Waals surface area contributed by atoms with Crippen LogP contribution < -0.4 is 19.5 Å². The number of para-hydroxylation sites is 2. The molecule has 0 aliphatic carbocycles. The van der Waals surface area contributed by atoms with Crippen molar-refractivity contribution in [2.24, 2.45) is 0 Å². The van der Waals surface area contributed by atoms with Crippen molar-refractivity contribution < 1.29 is 23.8 Å². The van der Waals surface area contributed by atoms with E-state index in [4.69, 9.17) is 14.2 Å². The quantitative estimate of drug-likeness (QED) is 0.356. The number of hydrogen-bond donors (Lipinski definition) is 1. The number of benzene rings is 4. The van der Waals surface area contributed by atoms with E-state index in [9.17, 15) is 9.59 Å². The smallest absolute Gasteiger partial charge is 0.255 e. The predicted octanol–water partition coefficient (Wildman–Crippen LogP) is 5.13. The molecule has 0 fully saturated rings. The van der Waals surface area contributed by atoms with Crippen LogP contribution >= 0.6 is 0 Å². The zero-order valence-corrected chi connectivity index (χ0v) is 22.2. The lowest BCUT2D eigenvalue weighted by Crippen LogP contribution is -2.49. The molecule has 7 heteroatoms. The Bertz CT molecular complexity index is 1510. The minimum atomic E-state index is -0.636. The first-order valence-electron chi connectivity index (χ1n) is 13.4. The van der Waals surface area contributed by atoms with E-state index in [0.29, 0.717) is 41.5 Å². The van der Waals surface area contributed by atoms with Gasteiger partial charge >= 0.3 is 0 Å². The molecule has 0 saturated heterocycles. The van der Waals surface area contributed by atoms with Gasteiger partial charge in [-0.25, -0.2) is 0 Å². The molecule has 2 aliphatic rings. The van der Waals surface area contributed by atoms with Gasteiger partial charge in [0, 0.05) is 12.1 Å². The summed E-state index contributed by atoms with van der Waals surface area (Å²) >= 11 is 0. The number of amides is 2. The molecule has 4 aromatic carbocycles. The lowest BCUT2D eigenvalue weighted by Gasteiger charge is -2.42. The second-order valence-electron chi connectivity index (χ2n) is 9.94. The average Bonchev–Trinajstić information content (AvgIpc) is 3.01. The fourth-order valence-electron chi connectivity index (χ4n) is 5.49. The number of nitrogens with zero attached hydrogens (tertiary/aromatic N) is 1. The van der Waals surface area contributed by atoms with Gasteiger partial charge in [0.2, 0.25) is 5.91 Å². The highest BCUT2D eigenvalue weighted by Crippen LogP contribution is 2.44. The van der Waals surface area contributed by atoms with Gasteiger partial charge in [0.15, 0.2) is 11.5 Å². The molecule has 202 valence electrons. The second kappa shape index (κ2) is 11.1. The van der Waals surface area contributed by atoms with Gasteiger partial charge in [0.25, 0.3) is 5.91 Å². The Balaban J connectivity index is 1.34. The largest absolute Gasteiger partial charge is 0.497 e. The Morgan fingerprint density at radius 3 is 2.38 bits per heavy atom. The van der Waals surface area contributed by atoms with Crippen LogP contribution in [0.4, 0.5) is 0 Å². The Morgan fingerprint density at radius 1 is 0.900 bits per heavy atom. The van der Waals surface area contributed by atoms with Crippen molar-refractivity contribution in [2.45, 2.75) is 24.6 Å². The van der Waals surface area contributed by atoms with E-state index < -0.39 is 12.0 Å². The molecule has 0 bridgehead atoms. The fraction of sp³-hybridized carbons (Fsp3) is 0.212. The average molecular weight is 535 g/mol. The maximum absolute atomic E-state index is 14.1. The molecule has 2 amide bonds. The van der Waals surface area contributed by atoms with Crippen molar-refractivity contribution in [3.05, 3.63) is 125 Å². The highest BCUT2D eigenvalue weighted by atomic mass is 16.6. The van der Waals surface area contributed by atoms with Gasteiger partial charge in [-0.15, -0.1) is 0 Å². The highest BCUT2D eigenvalue weighted by molar-refractivity contribution is 6.01. The predicted molar refractivity (Wildman–Crippen MR) is 151 cm³/mol. The second-order valence-corrected chi connectivity index (χ2v) is 9.94. The first kappa shape index (κ1) is 25.5. The summed E-state index contributed by atoms with van der Waals surface area (Å²) in [5, 5.41) is 3.11. The third kappa shape index (κ3) is 4.98. The molecule has 7 nitrogen and oxygen atoms in total. The summed E-state index contributed by atoms with van der Waals surface area (Å²) < 4.78 is 17.3. The normalized spacial score (nSPS) is 19.5. The molecule has 2 aliphatic heterocycles. The Kier molecular flexibility index (Phi) is 7.10. The number of rotatable bonds is 7. The molecule has 0 aromatic heterocycles.